The predicted octanol–water partition coefficient (Wildman–Crippen LogP) is 4.09. The molecule has 9 heteroatoms. The SMILES string of the molecule is Cc1noc(C)c1NC(=O)NCC1CCC(Nc2nc(N(C)C)c3ccccc3n2)CC1. The maximum absolute atomic E-state index is 12.2. The zero-order valence-corrected chi connectivity index (χ0v) is 19.1. The molecule has 0 aliphatic heterocycles. The van der Waals surface area contributed by atoms with E-state index in [0.717, 1.165) is 42.4 Å². The fourth-order valence-corrected chi connectivity index (χ4v) is 4.21. The summed E-state index contributed by atoms with van der Waals surface area (Å²) in [5.74, 6) is 2.66. The van der Waals surface area contributed by atoms with E-state index >= 15 is 0 Å². The lowest BCUT2D eigenvalue weighted by Crippen LogP contribution is -2.36. The van der Waals surface area contributed by atoms with Gasteiger partial charge in [-0.1, -0.05) is 17.3 Å². The first kappa shape index (κ1) is 21.9. The number of aromatic nitrogens is 3. The number of fused-ring (bicyclic) bond motifs is 1. The minimum atomic E-state index is -0.222. The molecule has 3 N–H and O–H groups in total. The van der Waals surface area contributed by atoms with Gasteiger partial charge in [-0.2, -0.15) is 4.98 Å². The van der Waals surface area contributed by atoms with Gasteiger partial charge in [-0.05, 0) is 57.6 Å². The van der Waals surface area contributed by atoms with Crippen molar-refractivity contribution in [2.75, 3.05) is 36.2 Å². The number of rotatable bonds is 6. The summed E-state index contributed by atoms with van der Waals surface area (Å²) in [6.07, 6.45) is 4.12. The molecule has 1 saturated carbocycles. The number of anilines is 3. The maximum atomic E-state index is 12.2. The number of hydrogen-bond donors (Lipinski definition) is 3. The fraction of sp³-hybridized carbons (Fsp3) is 0.478. The van der Waals surface area contributed by atoms with Crippen LogP contribution < -0.4 is 20.9 Å². The number of carbonyl (C=O) groups excluding carboxylic acids is 1. The summed E-state index contributed by atoms with van der Waals surface area (Å²) in [6, 6.07) is 8.19. The van der Waals surface area contributed by atoms with E-state index in [0.29, 0.717) is 41.6 Å². The number of urea groups is 1. The van der Waals surface area contributed by atoms with Crippen LogP contribution in [-0.4, -0.2) is 47.8 Å². The third-order valence-corrected chi connectivity index (χ3v) is 6.01. The Kier molecular flexibility index (Phi) is 6.43. The lowest BCUT2D eigenvalue weighted by molar-refractivity contribution is 0.246. The quantitative estimate of drug-likeness (QED) is 0.533. The number of carbonyl (C=O) groups is 1. The Morgan fingerprint density at radius 1 is 1.12 bits per heavy atom. The molecule has 0 radical (unpaired) electrons. The molecule has 0 unspecified atom stereocenters. The van der Waals surface area contributed by atoms with E-state index in [4.69, 9.17) is 14.5 Å². The minimum absolute atomic E-state index is 0.222. The van der Waals surface area contributed by atoms with Gasteiger partial charge in [0.2, 0.25) is 5.95 Å². The second kappa shape index (κ2) is 9.42. The van der Waals surface area contributed by atoms with E-state index in [-0.39, 0.29) is 6.03 Å². The van der Waals surface area contributed by atoms with Gasteiger partial charge >= 0.3 is 6.03 Å². The van der Waals surface area contributed by atoms with Crippen LogP contribution in [0.25, 0.3) is 10.9 Å². The van der Waals surface area contributed by atoms with Crippen LogP contribution in [0.1, 0.15) is 37.1 Å². The summed E-state index contributed by atoms with van der Waals surface area (Å²) in [5.41, 5.74) is 2.26. The summed E-state index contributed by atoms with van der Waals surface area (Å²) < 4.78 is 5.08. The second-order valence-corrected chi connectivity index (χ2v) is 8.68. The molecule has 2 heterocycles. The van der Waals surface area contributed by atoms with Crippen LogP contribution >= 0.6 is 0 Å². The average Bonchev–Trinajstić information content (AvgIpc) is 3.10. The van der Waals surface area contributed by atoms with Gasteiger partial charge in [-0.25, -0.2) is 9.78 Å². The van der Waals surface area contributed by atoms with Crippen molar-refractivity contribution < 1.29 is 9.32 Å². The maximum Gasteiger partial charge on any atom is 0.319 e. The number of nitrogens with one attached hydrogen (secondary N) is 3. The van der Waals surface area contributed by atoms with Gasteiger partial charge < -0.3 is 25.4 Å². The van der Waals surface area contributed by atoms with Crippen LogP contribution in [0.15, 0.2) is 28.8 Å². The Hall–Kier alpha value is -3.36. The largest absolute Gasteiger partial charge is 0.362 e. The number of amides is 2. The van der Waals surface area contributed by atoms with Crippen molar-refractivity contribution in [3.8, 4) is 0 Å². The van der Waals surface area contributed by atoms with Crippen molar-refractivity contribution >= 4 is 34.4 Å². The molecule has 1 aliphatic rings. The lowest BCUT2D eigenvalue weighted by Gasteiger charge is -2.29. The smallest absolute Gasteiger partial charge is 0.319 e. The average molecular weight is 438 g/mol. The van der Waals surface area contributed by atoms with Crippen LogP contribution in [0.4, 0.5) is 22.2 Å². The molecule has 0 saturated heterocycles. The molecule has 4 rings (SSSR count). The first-order valence-corrected chi connectivity index (χ1v) is 11.1. The van der Waals surface area contributed by atoms with Crippen LogP contribution in [-0.2, 0) is 0 Å². The molecule has 1 aliphatic carbocycles. The highest BCUT2D eigenvalue weighted by Gasteiger charge is 2.23. The lowest BCUT2D eigenvalue weighted by atomic mass is 9.86. The van der Waals surface area contributed by atoms with Gasteiger partial charge in [0.05, 0.1) is 5.52 Å². The molecular formula is C23H31N7O2. The monoisotopic (exact) mass is 437 g/mol. The number of nitrogens with zero attached hydrogens (tertiary/aromatic N) is 4. The summed E-state index contributed by atoms with van der Waals surface area (Å²) in [5, 5.41) is 14.2. The molecule has 0 spiro atoms. The summed E-state index contributed by atoms with van der Waals surface area (Å²) >= 11 is 0. The molecule has 1 aromatic carbocycles. The first-order chi connectivity index (χ1) is 15.4. The highest BCUT2D eigenvalue weighted by molar-refractivity contribution is 5.91. The second-order valence-electron chi connectivity index (χ2n) is 8.68. The van der Waals surface area contributed by atoms with Gasteiger partial charge in [0.25, 0.3) is 0 Å². The zero-order valence-electron chi connectivity index (χ0n) is 19.1. The van der Waals surface area contributed by atoms with Crippen LogP contribution in [0.3, 0.4) is 0 Å². The van der Waals surface area contributed by atoms with Crippen molar-refractivity contribution in [1.29, 1.82) is 0 Å². The van der Waals surface area contributed by atoms with Crippen molar-refractivity contribution in [2.45, 2.75) is 45.6 Å². The van der Waals surface area contributed by atoms with Gasteiger partial charge in [0.15, 0.2) is 5.76 Å². The third kappa shape index (κ3) is 4.92. The van der Waals surface area contributed by atoms with Gasteiger partial charge in [0, 0.05) is 32.1 Å². The van der Waals surface area contributed by atoms with Crippen LogP contribution in [0.5, 0.6) is 0 Å². The number of para-hydroxylation sites is 1. The van der Waals surface area contributed by atoms with E-state index in [1.165, 1.54) is 0 Å². The van der Waals surface area contributed by atoms with E-state index in [9.17, 15) is 4.79 Å². The molecule has 3 aromatic rings. The Bertz CT molecular complexity index is 1070. The first-order valence-electron chi connectivity index (χ1n) is 11.1. The molecule has 0 bridgehead atoms. The number of benzene rings is 1. The molecule has 9 nitrogen and oxygen atoms in total. The topological polar surface area (TPSA) is 108 Å². The Morgan fingerprint density at radius 2 is 1.88 bits per heavy atom. The highest BCUT2D eigenvalue weighted by Crippen LogP contribution is 2.28. The molecule has 32 heavy (non-hydrogen) atoms. The molecule has 2 aromatic heterocycles. The Morgan fingerprint density at radius 3 is 2.56 bits per heavy atom. The van der Waals surface area contributed by atoms with E-state index in [1.807, 2.05) is 37.2 Å². The molecule has 2 amide bonds. The number of aryl methyl sites for hydroxylation is 2. The normalized spacial score (nSPS) is 18.4. The molecule has 170 valence electrons. The van der Waals surface area contributed by atoms with Crippen molar-refractivity contribution in [3.63, 3.8) is 0 Å². The van der Waals surface area contributed by atoms with Crippen LogP contribution in [0.2, 0.25) is 0 Å². The van der Waals surface area contributed by atoms with Gasteiger partial charge in [0.1, 0.15) is 17.2 Å². The van der Waals surface area contributed by atoms with E-state index < -0.39 is 0 Å². The van der Waals surface area contributed by atoms with Gasteiger partial charge in [-0.15, -0.1) is 0 Å². The van der Waals surface area contributed by atoms with Crippen LogP contribution in [0, 0.1) is 19.8 Å². The van der Waals surface area contributed by atoms with Crippen molar-refractivity contribution in [3.05, 3.63) is 35.7 Å². The summed E-state index contributed by atoms with van der Waals surface area (Å²) in [4.78, 5) is 23.7. The predicted molar refractivity (Wildman–Crippen MR) is 126 cm³/mol. The fourth-order valence-electron chi connectivity index (χ4n) is 4.21. The van der Waals surface area contributed by atoms with Gasteiger partial charge in [-0.3, -0.25) is 0 Å². The number of hydrogen-bond acceptors (Lipinski definition) is 7. The minimum Gasteiger partial charge on any atom is -0.362 e. The summed E-state index contributed by atoms with van der Waals surface area (Å²) in [6.45, 7) is 4.24. The molecular weight excluding hydrogens is 406 g/mol. The zero-order chi connectivity index (χ0) is 22.7. The van der Waals surface area contributed by atoms with E-state index in [1.54, 1.807) is 13.8 Å². The summed E-state index contributed by atoms with van der Waals surface area (Å²) in [7, 11) is 4.00. The molecule has 1 fully saturated rings. The van der Waals surface area contributed by atoms with Crippen molar-refractivity contribution in [1.82, 2.24) is 20.4 Å². The Labute approximate surface area is 188 Å². The highest BCUT2D eigenvalue weighted by atomic mass is 16.5. The Balaban J connectivity index is 1.28. The third-order valence-electron chi connectivity index (χ3n) is 6.01. The molecule has 0 atom stereocenters. The van der Waals surface area contributed by atoms with E-state index in [2.05, 4.69) is 27.2 Å². The standard InChI is InChI=1S/C23H31N7O2/c1-14-20(15(2)32-29-14)27-23(31)24-13-16-9-11-17(12-10-16)25-22-26-19-8-6-5-7-18(19)21(28-22)30(3)4/h5-8,16-17H,9-13H2,1-4H3,(H2,24,27,31)(H,25,26,28). The van der Waals surface area contributed by atoms with Crippen molar-refractivity contribution in [2.24, 2.45) is 5.92 Å².